The van der Waals surface area contributed by atoms with Crippen LogP contribution >= 0.6 is 0 Å². The van der Waals surface area contributed by atoms with E-state index in [1.807, 2.05) is 39.7 Å². The Labute approximate surface area is 137 Å². The highest BCUT2D eigenvalue weighted by atomic mass is 16.7. The van der Waals surface area contributed by atoms with Crippen LogP contribution in [0.2, 0.25) is 0 Å². The highest BCUT2D eigenvalue weighted by Crippen LogP contribution is 2.38. The Hall–Kier alpha value is -1.10. The fourth-order valence-electron chi connectivity index (χ4n) is 2.86. The minimum Gasteiger partial charge on any atom is -0.276 e. The van der Waals surface area contributed by atoms with Crippen molar-refractivity contribution >= 4 is 0 Å². The van der Waals surface area contributed by atoms with Gasteiger partial charge in [0.1, 0.15) is 0 Å². The number of rotatable bonds is 8. The number of hydrogen-bond acceptors (Lipinski definition) is 4. The first kappa shape index (κ1) is 20.9. The molecule has 0 bridgehead atoms. The monoisotopic (exact) mass is 307 g/mol. The Kier molecular flexibility index (Phi) is 7.55. The molecular weight excluding hydrogens is 274 g/mol. The van der Waals surface area contributed by atoms with E-state index in [9.17, 15) is 10.5 Å². The minimum atomic E-state index is -0.829. The maximum atomic E-state index is 9.73. The predicted molar refractivity (Wildman–Crippen MR) is 89.7 cm³/mol. The van der Waals surface area contributed by atoms with Crippen molar-refractivity contribution in [3.05, 3.63) is 0 Å². The Balaban J connectivity index is 5.79. The van der Waals surface area contributed by atoms with E-state index < -0.39 is 11.0 Å². The Morgan fingerprint density at radius 3 is 1.59 bits per heavy atom. The summed E-state index contributed by atoms with van der Waals surface area (Å²) in [6.07, 6.45) is 2.76. The molecule has 0 spiro atoms. The number of nitrogens with zero attached hydrogens (tertiary/aromatic N) is 3. The zero-order valence-electron chi connectivity index (χ0n) is 15.7. The van der Waals surface area contributed by atoms with E-state index in [0.29, 0.717) is 12.8 Å². The first-order valence-corrected chi connectivity index (χ1v) is 8.42. The average molecular weight is 307 g/mol. The van der Waals surface area contributed by atoms with Crippen LogP contribution < -0.4 is 0 Å². The van der Waals surface area contributed by atoms with Gasteiger partial charge in [0.15, 0.2) is 5.60 Å². The highest BCUT2D eigenvalue weighted by molar-refractivity contribution is 5.06. The third-order valence-electron chi connectivity index (χ3n) is 4.92. The van der Waals surface area contributed by atoms with Crippen molar-refractivity contribution in [2.45, 2.75) is 98.3 Å². The molecule has 0 saturated carbocycles. The van der Waals surface area contributed by atoms with Gasteiger partial charge in [-0.1, -0.05) is 27.7 Å². The lowest BCUT2D eigenvalue weighted by molar-refractivity contribution is -0.297. The van der Waals surface area contributed by atoms with Crippen LogP contribution in [0.25, 0.3) is 0 Å². The molecule has 4 nitrogen and oxygen atoms in total. The summed E-state index contributed by atoms with van der Waals surface area (Å²) in [5.41, 5.74) is -1.60. The molecule has 0 radical (unpaired) electrons. The van der Waals surface area contributed by atoms with E-state index in [1.165, 1.54) is 0 Å². The van der Waals surface area contributed by atoms with Crippen molar-refractivity contribution in [3.8, 4) is 12.1 Å². The second-order valence-electron chi connectivity index (χ2n) is 7.05. The molecule has 0 aromatic carbocycles. The summed E-state index contributed by atoms with van der Waals surface area (Å²) in [4.78, 5) is 6.24. The maximum absolute atomic E-state index is 9.73. The van der Waals surface area contributed by atoms with Gasteiger partial charge in [0.05, 0.1) is 23.6 Å². The van der Waals surface area contributed by atoms with Crippen LogP contribution in [0.15, 0.2) is 0 Å². The molecule has 0 aliphatic carbocycles. The van der Waals surface area contributed by atoms with Gasteiger partial charge in [-0.2, -0.15) is 15.6 Å². The third kappa shape index (κ3) is 4.22. The third-order valence-corrected chi connectivity index (χ3v) is 4.92. The molecular formula is C18H33N3O. The van der Waals surface area contributed by atoms with Gasteiger partial charge in [-0.15, -0.1) is 0 Å². The van der Waals surface area contributed by atoms with Gasteiger partial charge >= 0.3 is 0 Å². The largest absolute Gasteiger partial charge is 0.276 e. The summed E-state index contributed by atoms with van der Waals surface area (Å²) in [5.74, 6) is 0. The molecule has 0 rings (SSSR count). The quantitative estimate of drug-likeness (QED) is 0.603. The molecule has 0 aliphatic rings. The van der Waals surface area contributed by atoms with Gasteiger partial charge in [-0.05, 0) is 53.4 Å². The molecule has 0 amide bonds. The van der Waals surface area contributed by atoms with Crippen LogP contribution in [-0.2, 0) is 4.84 Å². The highest BCUT2D eigenvalue weighted by Gasteiger charge is 2.44. The minimum absolute atomic E-state index is 0.0988. The van der Waals surface area contributed by atoms with E-state index in [1.54, 1.807) is 0 Å². The van der Waals surface area contributed by atoms with Crippen molar-refractivity contribution in [2.24, 2.45) is 5.41 Å². The lowest BCUT2D eigenvalue weighted by Crippen LogP contribution is -2.56. The van der Waals surface area contributed by atoms with E-state index in [0.717, 1.165) is 12.8 Å². The zero-order valence-corrected chi connectivity index (χ0v) is 15.7. The standard InChI is InChI=1S/C18H33N3O/c1-9-17(10-2,13-19)15(5)21(16(6,7)8)22-18(11-3,12-4)14-20/h15H,9-12H2,1-8H3. The molecule has 4 heteroatoms. The molecule has 1 atom stereocenters. The van der Waals surface area contributed by atoms with Crippen LogP contribution in [0.4, 0.5) is 0 Å². The number of hydroxylamine groups is 2. The van der Waals surface area contributed by atoms with Gasteiger partial charge < -0.3 is 0 Å². The molecule has 22 heavy (non-hydrogen) atoms. The van der Waals surface area contributed by atoms with Gasteiger partial charge in [-0.3, -0.25) is 4.84 Å². The van der Waals surface area contributed by atoms with Gasteiger partial charge in [0, 0.05) is 5.54 Å². The topological polar surface area (TPSA) is 60.0 Å². The van der Waals surface area contributed by atoms with Crippen LogP contribution in [0, 0.1) is 28.1 Å². The van der Waals surface area contributed by atoms with E-state index in [2.05, 4.69) is 32.9 Å². The van der Waals surface area contributed by atoms with Gasteiger partial charge in [0.25, 0.3) is 0 Å². The summed E-state index contributed by atoms with van der Waals surface area (Å²) < 4.78 is 0. The lowest BCUT2D eigenvalue weighted by Gasteiger charge is -2.47. The summed E-state index contributed by atoms with van der Waals surface area (Å²) in [6, 6.07) is 4.73. The molecule has 126 valence electrons. The van der Waals surface area contributed by atoms with Crippen molar-refractivity contribution in [3.63, 3.8) is 0 Å². The second kappa shape index (κ2) is 7.95. The van der Waals surface area contributed by atoms with Crippen LogP contribution in [0.5, 0.6) is 0 Å². The van der Waals surface area contributed by atoms with Crippen molar-refractivity contribution in [1.82, 2.24) is 5.06 Å². The predicted octanol–water partition coefficient (Wildman–Crippen LogP) is 4.82. The fourth-order valence-corrected chi connectivity index (χ4v) is 2.86. The summed E-state index contributed by atoms with van der Waals surface area (Å²) in [7, 11) is 0. The van der Waals surface area contributed by atoms with Gasteiger partial charge in [-0.25, -0.2) is 0 Å². The molecule has 0 aliphatic heterocycles. The lowest BCUT2D eigenvalue weighted by atomic mass is 9.76. The van der Waals surface area contributed by atoms with E-state index >= 15 is 0 Å². The normalized spacial score (nSPS) is 14.5. The summed E-state index contributed by atoms with van der Waals surface area (Å²) in [5, 5.41) is 21.2. The molecule has 1 unspecified atom stereocenters. The zero-order chi connectivity index (χ0) is 17.6. The van der Waals surface area contributed by atoms with Crippen molar-refractivity contribution in [1.29, 1.82) is 10.5 Å². The molecule has 0 heterocycles. The molecule has 0 aromatic heterocycles. The Morgan fingerprint density at radius 2 is 1.36 bits per heavy atom. The van der Waals surface area contributed by atoms with Crippen LogP contribution in [0.1, 0.15) is 81.1 Å². The second-order valence-corrected chi connectivity index (χ2v) is 7.05. The summed E-state index contributed by atoms with van der Waals surface area (Å²) in [6.45, 7) is 16.2. The maximum Gasteiger partial charge on any atom is 0.175 e. The number of nitriles is 2. The fraction of sp³-hybridized carbons (Fsp3) is 0.889. The van der Waals surface area contributed by atoms with E-state index in [4.69, 9.17) is 4.84 Å². The van der Waals surface area contributed by atoms with Crippen LogP contribution in [0.3, 0.4) is 0 Å². The summed E-state index contributed by atoms with van der Waals surface area (Å²) >= 11 is 0. The van der Waals surface area contributed by atoms with E-state index in [-0.39, 0.29) is 11.6 Å². The Morgan fingerprint density at radius 1 is 0.909 bits per heavy atom. The first-order valence-electron chi connectivity index (χ1n) is 8.42. The van der Waals surface area contributed by atoms with Crippen molar-refractivity contribution in [2.75, 3.05) is 0 Å². The van der Waals surface area contributed by atoms with Crippen LogP contribution in [-0.4, -0.2) is 22.2 Å². The molecule has 0 aromatic rings. The first-order chi connectivity index (χ1) is 10.1. The molecule has 0 fully saturated rings. The SMILES string of the molecule is CCC(C#N)(CC)ON(C(C)C(C#N)(CC)CC)C(C)(C)C. The molecule has 0 saturated heterocycles. The van der Waals surface area contributed by atoms with Gasteiger partial charge in [0.2, 0.25) is 0 Å². The molecule has 0 N–H and O–H groups in total. The number of hydrogen-bond donors (Lipinski definition) is 0. The van der Waals surface area contributed by atoms with Crippen molar-refractivity contribution < 1.29 is 4.84 Å². The smallest absolute Gasteiger partial charge is 0.175 e. The Bertz CT molecular complexity index is 417. The average Bonchev–Trinajstić information content (AvgIpc) is 2.50.